The first-order chi connectivity index (χ1) is 6.56. The third-order valence-electron chi connectivity index (χ3n) is 1.56. The summed E-state index contributed by atoms with van der Waals surface area (Å²) in [5, 5.41) is 0.164. The summed E-state index contributed by atoms with van der Waals surface area (Å²) in [6.45, 7) is 0. The lowest BCUT2D eigenvalue weighted by atomic mass is 10.2. The average molecular weight is 223 g/mol. The highest BCUT2D eigenvalue weighted by atomic mass is 35.5. The number of hydrogen-bond acceptors (Lipinski definition) is 1. The fourth-order valence-electron chi connectivity index (χ4n) is 0.954. The fraction of sp³-hybridized carbons (Fsp3) is 0.111. The molecule has 0 radical (unpaired) electrons. The summed E-state index contributed by atoms with van der Waals surface area (Å²) < 4.78 is 41.5. The molecule has 0 amide bonds. The van der Waals surface area contributed by atoms with Crippen molar-refractivity contribution >= 4 is 17.4 Å². The van der Waals surface area contributed by atoms with Gasteiger partial charge in [0.05, 0.1) is 12.7 Å². The summed E-state index contributed by atoms with van der Waals surface area (Å²) in [7, 11) is 1.26. The second-order valence-corrected chi connectivity index (χ2v) is 2.86. The van der Waals surface area contributed by atoms with Gasteiger partial charge in [-0.05, 0) is 18.2 Å². The molecule has 5 heteroatoms. The minimum Gasteiger partial charge on any atom is -0.496 e. The molecule has 0 aliphatic carbocycles. The van der Waals surface area contributed by atoms with E-state index >= 15 is 0 Å². The lowest BCUT2D eigenvalue weighted by Crippen LogP contribution is -1.89. The van der Waals surface area contributed by atoms with Crippen LogP contribution in [0.1, 0.15) is 5.56 Å². The lowest BCUT2D eigenvalue weighted by molar-refractivity contribution is 0.399. The molecule has 0 heterocycles. The molecule has 0 unspecified atom stereocenters. The maximum absolute atomic E-state index is 12.9. The minimum absolute atomic E-state index is 0.0136. The summed E-state index contributed by atoms with van der Waals surface area (Å²) in [4.78, 5) is 0. The number of benzene rings is 1. The Bertz CT molecular complexity index is 372. The number of halogens is 4. The third kappa shape index (κ3) is 2.20. The molecule has 0 aliphatic rings. The monoisotopic (exact) mass is 222 g/mol. The number of rotatable bonds is 2. The van der Waals surface area contributed by atoms with Crippen LogP contribution in [-0.4, -0.2) is 7.11 Å². The smallest absolute Gasteiger partial charge is 0.306 e. The molecule has 0 saturated heterocycles. The Kier molecular flexibility index (Phi) is 3.41. The van der Waals surface area contributed by atoms with E-state index < -0.39 is 11.9 Å². The van der Waals surface area contributed by atoms with E-state index in [-0.39, 0.29) is 16.3 Å². The molecule has 0 fully saturated rings. The standard InChI is InChI=1S/C9H6ClF3O/c1-14-7-3-2-5(10)4-6(7)8(11)9(12)13/h2-4H,1H3. The van der Waals surface area contributed by atoms with Crippen LogP contribution in [-0.2, 0) is 0 Å². The lowest BCUT2D eigenvalue weighted by Gasteiger charge is -2.05. The molecule has 0 atom stereocenters. The van der Waals surface area contributed by atoms with Gasteiger partial charge in [0.25, 0.3) is 0 Å². The van der Waals surface area contributed by atoms with Crippen molar-refractivity contribution in [3.05, 3.63) is 34.9 Å². The number of ether oxygens (including phenoxy) is 1. The summed E-state index contributed by atoms with van der Waals surface area (Å²) in [6.07, 6.45) is -2.40. The Morgan fingerprint density at radius 2 is 1.93 bits per heavy atom. The van der Waals surface area contributed by atoms with E-state index in [1.54, 1.807) is 0 Å². The first-order valence-corrected chi connectivity index (χ1v) is 3.98. The van der Waals surface area contributed by atoms with Gasteiger partial charge in [0.2, 0.25) is 0 Å². The molecule has 1 aromatic carbocycles. The Morgan fingerprint density at radius 3 is 2.43 bits per heavy atom. The first-order valence-electron chi connectivity index (χ1n) is 3.61. The normalized spacial score (nSPS) is 9.79. The van der Waals surface area contributed by atoms with Crippen LogP contribution in [0.25, 0.3) is 5.83 Å². The maximum Gasteiger partial charge on any atom is 0.306 e. The van der Waals surface area contributed by atoms with Crippen molar-refractivity contribution in [1.82, 2.24) is 0 Å². The van der Waals surface area contributed by atoms with E-state index in [0.29, 0.717) is 0 Å². The second kappa shape index (κ2) is 4.37. The molecule has 1 aromatic rings. The van der Waals surface area contributed by atoms with Crippen LogP contribution in [0.2, 0.25) is 5.02 Å². The van der Waals surface area contributed by atoms with Crippen molar-refractivity contribution in [2.75, 3.05) is 7.11 Å². The zero-order valence-corrected chi connectivity index (χ0v) is 7.91. The highest BCUT2D eigenvalue weighted by molar-refractivity contribution is 6.30. The van der Waals surface area contributed by atoms with Gasteiger partial charge in [0.15, 0.2) is 5.83 Å². The number of hydrogen-bond donors (Lipinski definition) is 0. The van der Waals surface area contributed by atoms with Crippen molar-refractivity contribution in [3.63, 3.8) is 0 Å². The molecule has 1 nitrogen and oxygen atoms in total. The molecule has 0 spiro atoms. The molecule has 76 valence electrons. The molecule has 0 aliphatic heterocycles. The van der Waals surface area contributed by atoms with Crippen LogP contribution in [0.15, 0.2) is 24.3 Å². The quantitative estimate of drug-likeness (QED) is 0.738. The fourth-order valence-corrected chi connectivity index (χ4v) is 1.13. The van der Waals surface area contributed by atoms with Gasteiger partial charge < -0.3 is 4.74 Å². The van der Waals surface area contributed by atoms with E-state index in [9.17, 15) is 13.2 Å². The molecule has 14 heavy (non-hydrogen) atoms. The van der Waals surface area contributed by atoms with Crippen molar-refractivity contribution < 1.29 is 17.9 Å². The van der Waals surface area contributed by atoms with Crippen LogP contribution in [0.5, 0.6) is 5.75 Å². The minimum atomic E-state index is -2.40. The van der Waals surface area contributed by atoms with Gasteiger partial charge >= 0.3 is 6.08 Å². The summed E-state index contributed by atoms with van der Waals surface area (Å²) >= 11 is 5.53. The van der Waals surface area contributed by atoms with E-state index in [1.165, 1.54) is 19.2 Å². The molecular formula is C9H6ClF3O. The summed E-state index contributed by atoms with van der Waals surface area (Å²) in [5.41, 5.74) is -0.347. The molecule has 0 N–H and O–H groups in total. The molecule has 0 saturated carbocycles. The van der Waals surface area contributed by atoms with Gasteiger partial charge in [-0.15, -0.1) is 0 Å². The van der Waals surface area contributed by atoms with E-state index in [4.69, 9.17) is 16.3 Å². The van der Waals surface area contributed by atoms with Crippen molar-refractivity contribution in [3.8, 4) is 5.75 Å². The van der Waals surface area contributed by atoms with Gasteiger partial charge in [-0.3, -0.25) is 0 Å². The Morgan fingerprint density at radius 1 is 1.29 bits per heavy atom. The van der Waals surface area contributed by atoms with Crippen molar-refractivity contribution in [1.29, 1.82) is 0 Å². The largest absolute Gasteiger partial charge is 0.496 e. The van der Waals surface area contributed by atoms with Crippen LogP contribution in [0, 0.1) is 0 Å². The SMILES string of the molecule is COc1ccc(Cl)cc1C(F)=C(F)F. The van der Waals surface area contributed by atoms with Crippen molar-refractivity contribution in [2.45, 2.75) is 0 Å². The van der Waals surface area contributed by atoms with Crippen molar-refractivity contribution in [2.24, 2.45) is 0 Å². The van der Waals surface area contributed by atoms with Crippen LogP contribution < -0.4 is 4.74 Å². The highest BCUT2D eigenvalue weighted by Crippen LogP contribution is 2.32. The Balaban J connectivity index is 3.31. The van der Waals surface area contributed by atoms with E-state index in [2.05, 4.69) is 0 Å². The number of methoxy groups -OCH3 is 1. The van der Waals surface area contributed by atoms with Crippen LogP contribution >= 0.6 is 11.6 Å². The van der Waals surface area contributed by atoms with Gasteiger partial charge in [-0.2, -0.15) is 8.78 Å². The van der Waals surface area contributed by atoms with E-state index in [1.807, 2.05) is 0 Å². The molecular weight excluding hydrogens is 217 g/mol. The second-order valence-electron chi connectivity index (χ2n) is 2.42. The predicted octanol–water partition coefficient (Wildman–Crippen LogP) is 3.88. The maximum atomic E-state index is 12.9. The predicted molar refractivity (Wildman–Crippen MR) is 48.2 cm³/mol. The zero-order chi connectivity index (χ0) is 10.7. The highest BCUT2D eigenvalue weighted by Gasteiger charge is 2.14. The molecule has 0 bridgehead atoms. The first kappa shape index (κ1) is 10.9. The summed E-state index contributed by atoms with van der Waals surface area (Å²) in [6, 6.07) is 3.82. The average Bonchev–Trinajstić information content (AvgIpc) is 2.16. The Hall–Kier alpha value is -1.16. The Labute approximate surface area is 83.8 Å². The van der Waals surface area contributed by atoms with Gasteiger partial charge in [0, 0.05) is 5.02 Å². The molecule has 1 rings (SSSR count). The molecule has 0 aromatic heterocycles. The zero-order valence-electron chi connectivity index (χ0n) is 7.15. The van der Waals surface area contributed by atoms with Gasteiger partial charge in [0.1, 0.15) is 5.75 Å². The summed E-state index contributed by atoms with van der Waals surface area (Å²) in [5.74, 6) is -1.61. The topological polar surface area (TPSA) is 9.23 Å². The van der Waals surface area contributed by atoms with Crippen LogP contribution in [0.3, 0.4) is 0 Å². The van der Waals surface area contributed by atoms with Gasteiger partial charge in [-0.1, -0.05) is 11.6 Å². The third-order valence-corrected chi connectivity index (χ3v) is 1.80. The van der Waals surface area contributed by atoms with Gasteiger partial charge in [-0.25, -0.2) is 4.39 Å². The van der Waals surface area contributed by atoms with Crippen LogP contribution in [0.4, 0.5) is 13.2 Å². The van der Waals surface area contributed by atoms with E-state index in [0.717, 1.165) is 6.07 Å².